The van der Waals surface area contributed by atoms with Crippen LogP contribution in [0.15, 0.2) is 0 Å². The monoisotopic (exact) mass is 403 g/mol. The maximum atomic E-state index is 12.4. The van der Waals surface area contributed by atoms with Gasteiger partial charge < -0.3 is 9.84 Å². The molecule has 0 aromatic carbocycles. The Morgan fingerprint density at radius 1 is 1.00 bits per heavy atom. The summed E-state index contributed by atoms with van der Waals surface area (Å²) in [4.78, 5) is 14.9. The van der Waals surface area contributed by atoms with Crippen molar-refractivity contribution in [3.8, 4) is 0 Å². The molecule has 4 nitrogen and oxygen atoms in total. The second kappa shape index (κ2) is 7.31. The molecule has 5 aliphatic rings. The fourth-order valence-electron chi connectivity index (χ4n) is 9.22. The highest BCUT2D eigenvalue weighted by Gasteiger charge is 2.61. The number of aliphatic hydroxyl groups is 1. The number of ketones is 1. The van der Waals surface area contributed by atoms with Crippen molar-refractivity contribution in [2.24, 2.45) is 40.4 Å². The normalized spacial score (nSPS) is 53.0. The van der Waals surface area contributed by atoms with Gasteiger partial charge in [-0.3, -0.25) is 9.69 Å². The van der Waals surface area contributed by atoms with Gasteiger partial charge in [-0.1, -0.05) is 13.8 Å². The molecular formula is C25H41NO3. The van der Waals surface area contributed by atoms with E-state index in [2.05, 4.69) is 18.7 Å². The molecule has 4 heteroatoms. The van der Waals surface area contributed by atoms with E-state index in [9.17, 15) is 9.90 Å². The summed E-state index contributed by atoms with van der Waals surface area (Å²) in [5.74, 6) is 3.71. The van der Waals surface area contributed by atoms with Crippen LogP contribution in [0, 0.1) is 40.4 Å². The molecule has 1 heterocycles. The van der Waals surface area contributed by atoms with Crippen molar-refractivity contribution in [1.82, 2.24) is 4.90 Å². The molecule has 3 unspecified atom stereocenters. The van der Waals surface area contributed by atoms with Gasteiger partial charge in [0.15, 0.2) is 0 Å². The highest BCUT2D eigenvalue weighted by molar-refractivity contribution is 5.79. The second-order valence-electron chi connectivity index (χ2n) is 11.7. The first-order valence-corrected chi connectivity index (χ1v) is 12.3. The van der Waals surface area contributed by atoms with Crippen LogP contribution in [0.4, 0.5) is 0 Å². The third-order valence-electron chi connectivity index (χ3n) is 10.7. The zero-order valence-corrected chi connectivity index (χ0v) is 18.7. The number of carbonyl (C=O) groups is 1. The number of hydrogen-bond donors (Lipinski definition) is 1. The van der Waals surface area contributed by atoms with Gasteiger partial charge in [0.25, 0.3) is 0 Å². The maximum Gasteiger partial charge on any atom is 0.133 e. The van der Waals surface area contributed by atoms with Crippen LogP contribution in [0.25, 0.3) is 0 Å². The largest absolute Gasteiger partial charge is 0.391 e. The van der Waals surface area contributed by atoms with Crippen molar-refractivity contribution >= 4 is 5.78 Å². The van der Waals surface area contributed by atoms with E-state index in [-0.39, 0.29) is 11.5 Å². The molecule has 0 amide bonds. The predicted octanol–water partition coefficient (Wildman–Crippen LogP) is 3.91. The first-order valence-electron chi connectivity index (χ1n) is 12.3. The minimum Gasteiger partial charge on any atom is -0.391 e. The van der Waals surface area contributed by atoms with Gasteiger partial charge in [-0.15, -0.1) is 0 Å². The van der Waals surface area contributed by atoms with Crippen LogP contribution in [0.2, 0.25) is 0 Å². The second-order valence-corrected chi connectivity index (χ2v) is 11.7. The van der Waals surface area contributed by atoms with Crippen LogP contribution >= 0.6 is 0 Å². The molecule has 4 saturated carbocycles. The summed E-state index contributed by atoms with van der Waals surface area (Å²) in [5, 5.41) is 11.0. The van der Waals surface area contributed by atoms with E-state index >= 15 is 0 Å². The zero-order chi connectivity index (χ0) is 20.4. The van der Waals surface area contributed by atoms with Crippen molar-refractivity contribution in [2.75, 3.05) is 26.3 Å². The minimum absolute atomic E-state index is 0.176. The van der Waals surface area contributed by atoms with Gasteiger partial charge in [0, 0.05) is 25.0 Å². The average molecular weight is 404 g/mol. The van der Waals surface area contributed by atoms with Gasteiger partial charge in [-0.25, -0.2) is 0 Å². The molecule has 1 saturated heterocycles. The standard InChI is InChI=1S/C25H41NO3/c1-16(27)19-6-7-20-18-5-4-17-14-23(28)22(26-10-12-29-13-11-26)15-25(17,3)21(18)8-9-24(19,20)2/h17-23,28H,4-15H2,1-3H3/t17?,18-,19+,20-,21-,22?,23?,24+,25-/m0/s1. The molecular weight excluding hydrogens is 362 g/mol. The molecule has 0 aromatic heterocycles. The van der Waals surface area contributed by atoms with Crippen LogP contribution in [-0.4, -0.2) is 54.2 Å². The van der Waals surface area contributed by atoms with Crippen molar-refractivity contribution in [2.45, 2.75) is 84.3 Å². The van der Waals surface area contributed by atoms with E-state index in [0.717, 1.165) is 63.3 Å². The summed E-state index contributed by atoms with van der Waals surface area (Å²) >= 11 is 0. The minimum atomic E-state index is -0.176. The topological polar surface area (TPSA) is 49.8 Å². The van der Waals surface area contributed by atoms with Crippen LogP contribution in [0.5, 0.6) is 0 Å². The predicted molar refractivity (Wildman–Crippen MR) is 113 cm³/mol. The van der Waals surface area contributed by atoms with E-state index in [1.165, 1.54) is 32.1 Å². The Labute approximate surface area is 176 Å². The molecule has 4 aliphatic carbocycles. The number of nitrogens with zero attached hydrogens (tertiary/aromatic N) is 1. The Bertz CT molecular complexity index is 646. The Morgan fingerprint density at radius 2 is 1.72 bits per heavy atom. The Kier molecular flexibility index (Phi) is 5.15. The summed E-state index contributed by atoms with van der Waals surface area (Å²) in [6, 6.07) is 0.306. The van der Waals surface area contributed by atoms with Crippen molar-refractivity contribution in [1.29, 1.82) is 0 Å². The summed E-state index contributed by atoms with van der Waals surface area (Å²) < 4.78 is 5.58. The number of carbonyl (C=O) groups excluding carboxylic acids is 1. The number of Topliss-reactive ketones (excluding diaryl/α,β-unsaturated/α-hetero) is 1. The zero-order valence-electron chi connectivity index (χ0n) is 18.7. The van der Waals surface area contributed by atoms with Crippen LogP contribution < -0.4 is 0 Å². The molecule has 0 bridgehead atoms. The summed E-state index contributed by atoms with van der Waals surface area (Å²) in [5.41, 5.74) is 0.592. The lowest BCUT2D eigenvalue weighted by atomic mass is 9.44. The Hall–Kier alpha value is -0.450. The first kappa shape index (κ1) is 20.5. The molecule has 29 heavy (non-hydrogen) atoms. The Balaban J connectivity index is 1.40. The van der Waals surface area contributed by atoms with E-state index in [1.54, 1.807) is 0 Å². The number of morpholine rings is 1. The number of rotatable bonds is 2. The van der Waals surface area contributed by atoms with Crippen LogP contribution in [0.3, 0.4) is 0 Å². The van der Waals surface area contributed by atoms with Gasteiger partial charge in [0.2, 0.25) is 0 Å². The summed E-state index contributed by atoms with van der Waals surface area (Å²) in [6.07, 6.45) is 9.47. The molecule has 0 spiro atoms. The van der Waals surface area contributed by atoms with Crippen LogP contribution in [-0.2, 0) is 9.53 Å². The van der Waals surface area contributed by atoms with Gasteiger partial charge in [-0.2, -0.15) is 0 Å². The Morgan fingerprint density at radius 3 is 2.45 bits per heavy atom. The van der Waals surface area contributed by atoms with E-state index < -0.39 is 0 Å². The number of ether oxygens (including phenoxy) is 1. The van der Waals surface area contributed by atoms with Gasteiger partial charge >= 0.3 is 0 Å². The fraction of sp³-hybridized carbons (Fsp3) is 0.960. The summed E-state index contributed by atoms with van der Waals surface area (Å²) in [6.45, 7) is 10.4. The van der Waals surface area contributed by atoms with Crippen molar-refractivity contribution < 1.29 is 14.6 Å². The molecule has 5 rings (SSSR count). The molecule has 9 atom stereocenters. The highest BCUT2D eigenvalue weighted by atomic mass is 16.5. The number of hydrogen-bond acceptors (Lipinski definition) is 4. The molecule has 1 N–H and O–H groups in total. The van der Waals surface area contributed by atoms with Crippen molar-refractivity contribution in [3.63, 3.8) is 0 Å². The number of fused-ring (bicyclic) bond motifs is 5. The smallest absolute Gasteiger partial charge is 0.133 e. The van der Waals surface area contributed by atoms with Gasteiger partial charge in [-0.05, 0) is 92.8 Å². The van der Waals surface area contributed by atoms with E-state index in [1.807, 2.05) is 6.92 Å². The molecule has 1 aliphatic heterocycles. The lowest BCUT2D eigenvalue weighted by Gasteiger charge is -2.62. The van der Waals surface area contributed by atoms with E-state index in [4.69, 9.17) is 4.74 Å². The van der Waals surface area contributed by atoms with Gasteiger partial charge in [0.1, 0.15) is 5.78 Å². The summed E-state index contributed by atoms with van der Waals surface area (Å²) in [7, 11) is 0. The van der Waals surface area contributed by atoms with Crippen molar-refractivity contribution in [3.05, 3.63) is 0 Å². The van der Waals surface area contributed by atoms with E-state index in [0.29, 0.717) is 29.1 Å². The molecule has 0 radical (unpaired) electrons. The average Bonchev–Trinajstić information content (AvgIpc) is 3.06. The number of aliphatic hydroxyl groups excluding tert-OH is 1. The maximum absolute atomic E-state index is 12.4. The molecule has 164 valence electrons. The highest BCUT2D eigenvalue weighted by Crippen LogP contribution is 2.67. The third-order valence-corrected chi connectivity index (χ3v) is 10.7. The lowest BCUT2D eigenvalue weighted by Crippen LogP contribution is -2.60. The first-order chi connectivity index (χ1) is 13.8. The molecule has 0 aromatic rings. The quantitative estimate of drug-likeness (QED) is 0.760. The SMILES string of the molecule is CC(=O)[C@H]1CC[C@H]2[C@@H]3CCC4CC(O)C(N5CCOCC5)C[C@]4(C)[C@H]3CC[C@]12C. The lowest BCUT2D eigenvalue weighted by molar-refractivity contribution is -0.156. The van der Waals surface area contributed by atoms with Gasteiger partial charge in [0.05, 0.1) is 19.3 Å². The fourth-order valence-corrected chi connectivity index (χ4v) is 9.22. The van der Waals surface area contributed by atoms with Crippen LogP contribution in [0.1, 0.15) is 72.1 Å². The third kappa shape index (κ3) is 3.07. The molecule has 5 fully saturated rings.